The number of carbonyl (C=O) groups excluding carboxylic acids is 1. The zero-order chi connectivity index (χ0) is 18.6. The van der Waals surface area contributed by atoms with E-state index in [9.17, 15) is 4.79 Å². The summed E-state index contributed by atoms with van der Waals surface area (Å²) >= 11 is 1.55. The zero-order valence-electron chi connectivity index (χ0n) is 15.8. The van der Waals surface area contributed by atoms with E-state index < -0.39 is 0 Å². The van der Waals surface area contributed by atoms with Crippen molar-refractivity contribution in [2.45, 2.75) is 58.2 Å². The van der Waals surface area contributed by atoms with Gasteiger partial charge >= 0.3 is 5.97 Å². The van der Waals surface area contributed by atoms with E-state index in [1.54, 1.807) is 11.3 Å². The van der Waals surface area contributed by atoms with Crippen LogP contribution in [0.5, 0.6) is 0 Å². The SMILES string of the molecule is CCOC(=O)c1csc2cc(C#CC34OC3(C)CCCC4(C)C)ccc12. The number of carbonyl (C=O) groups is 1. The average molecular weight is 368 g/mol. The second kappa shape index (κ2) is 5.84. The van der Waals surface area contributed by atoms with E-state index >= 15 is 0 Å². The molecule has 0 bridgehead atoms. The van der Waals surface area contributed by atoms with E-state index in [-0.39, 0.29) is 22.6 Å². The Morgan fingerprint density at radius 1 is 1.31 bits per heavy atom. The van der Waals surface area contributed by atoms with Gasteiger partial charge in [0, 0.05) is 26.4 Å². The van der Waals surface area contributed by atoms with Crippen LogP contribution in [0, 0.1) is 17.3 Å². The molecular weight excluding hydrogens is 344 g/mol. The minimum Gasteiger partial charge on any atom is -0.462 e. The molecule has 2 atom stereocenters. The second-order valence-corrected chi connectivity index (χ2v) is 8.99. The van der Waals surface area contributed by atoms with E-state index in [0.717, 1.165) is 28.5 Å². The summed E-state index contributed by atoms with van der Waals surface area (Å²) in [6, 6.07) is 6.01. The molecule has 0 amide bonds. The number of epoxide rings is 1. The van der Waals surface area contributed by atoms with Crippen LogP contribution in [0.1, 0.15) is 62.9 Å². The molecule has 1 saturated carbocycles. The van der Waals surface area contributed by atoms with E-state index in [4.69, 9.17) is 9.47 Å². The molecule has 2 aromatic rings. The van der Waals surface area contributed by atoms with Gasteiger partial charge in [0.1, 0.15) is 5.60 Å². The molecule has 1 aromatic heterocycles. The van der Waals surface area contributed by atoms with Crippen molar-refractivity contribution in [1.29, 1.82) is 0 Å². The first-order valence-corrected chi connectivity index (χ1v) is 10.1. The Morgan fingerprint density at radius 2 is 2.12 bits per heavy atom. The molecule has 26 heavy (non-hydrogen) atoms. The average Bonchev–Trinajstić information content (AvgIpc) is 3.02. The maximum atomic E-state index is 12.0. The minimum absolute atomic E-state index is 0.0666. The van der Waals surface area contributed by atoms with E-state index in [0.29, 0.717) is 12.2 Å². The molecule has 3 nitrogen and oxygen atoms in total. The Labute approximate surface area is 158 Å². The molecule has 2 aliphatic rings. The molecule has 0 N–H and O–H groups in total. The normalized spacial score (nSPS) is 28.8. The summed E-state index contributed by atoms with van der Waals surface area (Å²) in [5.41, 5.74) is 1.22. The molecule has 1 aliphatic heterocycles. The maximum Gasteiger partial charge on any atom is 0.339 e. The standard InChI is InChI=1S/C22H24O3S/c1-5-24-19(23)17-14-26-18-13-15(7-8-16(17)18)9-12-22-20(2,3)10-6-11-21(22,4)25-22/h7-8,13-14H,5-6,10-11H2,1-4H3. The lowest BCUT2D eigenvalue weighted by Crippen LogP contribution is -2.41. The third kappa shape index (κ3) is 2.49. The van der Waals surface area contributed by atoms with Crippen LogP contribution >= 0.6 is 11.3 Å². The van der Waals surface area contributed by atoms with Crippen molar-refractivity contribution in [2.24, 2.45) is 5.41 Å². The van der Waals surface area contributed by atoms with Crippen LogP contribution in [-0.2, 0) is 9.47 Å². The number of fused-ring (bicyclic) bond motifs is 2. The molecule has 4 rings (SSSR count). The van der Waals surface area contributed by atoms with Crippen LogP contribution in [0.15, 0.2) is 23.6 Å². The van der Waals surface area contributed by atoms with Crippen LogP contribution in [0.25, 0.3) is 10.1 Å². The molecule has 1 aliphatic carbocycles. The quantitative estimate of drug-likeness (QED) is 0.417. The van der Waals surface area contributed by atoms with Crippen molar-refractivity contribution in [3.63, 3.8) is 0 Å². The predicted molar refractivity (Wildman–Crippen MR) is 105 cm³/mol. The predicted octanol–water partition coefficient (Wildman–Crippen LogP) is 5.17. The van der Waals surface area contributed by atoms with Crippen molar-refractivity contribution in [3.05, 3.63) is 34.7 Å². The van der Waals surface area contributed by atoms with Crippen molar-refractivity contribution >= 4 is 27.4 Å². The van der Waals surface area contributed by atoms with Gasteiger partial charge in [-0.25, -0.2) is 4.79 Å². The molecule has 4 heteroatoms. The van der Waals surface area contributed by atoms with Crippen molar-refractivity contribution < 1.29 is 14.3 Å². The van der Waals surface area contributed by atoms with Gasteiger partial charge in [-0.05, 0) is 45.2 Å². The van der Waals surface area contributed by atoms with Crippen molar-refractivity contribution in [1.82, 2.24) is 0 Å². The Morgan fingerprint density at radius 3 is 2.85 bits per heavy atom. The van der Waals surface area contributed by atoms with Gasteiger partial charge < -0.3 is 9.47 Å². The number of esters is 1. The molecule has 0 spiro atoms. The third-order valence-corrected chi connectivity index (χ3v) is 6.89. The first-order chi connectivity index (χ1) is 12.3. The number of thiophene rings is 1. The first-order valence-electron chi connectivity index (χ1n) is 9.24. The third-order valence-electron chi connectivity index (χ3n) is 5.94. The van der Waals surface area contributed by atoms with Gasteiger partial charge in [0.2, 0.25) is 0 Å². The number of hydrogen-bond donors (Lipinski definition) is 0. The Kier molecular flexibility index (Phi) is 3.95. The van der Waals surface area contributed by atoms with Crippen LogP contribution in [0.2, 0.25) is 0 Å². The van der Waals surface area contributed by atoms with Gasteiger partial charge in [0.05, 0.1) is 12.2 Å². The topological polar surface area (TPSA) is 38.8 Å². The highest BCUT2D eigenvalue weighted by atomic mass is 32.1. The van der Waals surface area contributed by atoms with E-state index in [1.807, 2.05) is 24.4 Å². The highest BCUT2D eigenvalue weighted by Gasteiger charge is 2.74. The zero-order valence-corrected chi connectivity index (χ0v) is 16.6. The Bertz CT molecular complexity index is 945. The van der Waals surface area contributed by atoms with Crippen molar-refractivity contribution in [3.8, 4) is 11.8 Å². The van der Waals surface area contributed by atoms with Gasteiger partial charge in [-0.1, -0.05) is 31.8 Å². The van der Waals surface area contributed by atoms with Crippen LogP contribution in [-0.4, -0.2) is 23.8 Å². The summed E-state index contributed by atoms with van der Waals surface area (Å²) in [6.45, 7) is 8.92. The fraction of sp³-hybridized carbons (Fsp3) is 0.500. The number of rotatable bonds is 2. The molecule has 2 fully saturated rings. The maximum absolute atomic E-state index is 12.0. The van der Waals surface area contributed by atoms with Crippen LogP contribution < -0.4 is 0 Å². The monoisotopic (exact) mass is 368 g/mol. The summed E-state index contributed by atoms with van der Waals surface area (Å²) in [5.74, 6) is 6.56. The van der Waals surface area contributed by atoms with Gasteiger partial charge in [-0.2, -0.15) is 0 Å². The highest BCUT2D eigenvalue weighted by molar-refractivity contribution is 7.17. The fourth-order valence-corrected chi connectivity index (χ4v) is 5.37. The van der Waals surface area contributed by atoms with Crippen molar-refractivity contribution in [2.75, 3.05) is 6.61 Å². The second-order valence-electron chi connectivity index (χ2n) is 8.08. The smallest absolute Gasteiger partial charge is 0.339 e. The molecule has 136 valence electrons. The largest absolute Gasteiger partial charge is 0.462 e. The Balaban J connectivity index is 1.66. The lowest BCUT2D eigenvalue weighted by atomic mass is 9.64. The van der Waals surface area contributed by atoms with Crippen LogP contribution in [0.4, 0.5) is 0 Å². The molecule has 1 aromatic carbocycles. The summed E-state index contributed by atoms with van der Waals surface area (Å²) < 4.78 is 12.4. The van der Waals surface area contributed by atoms with Gasteiger partial charge in [-0.15, -0.1) is 11.3 Å². The number of ether oxygens (including phenoxy) is 2. The summed E-state index contributed by atoms with van der Waals surface area (Å²) in [7, 11) is 0. The minimum atomic E-state index is -0.335. The summed E-state index contributed by atoms with van der Waals surface area (Å²) in [6.07, 6.45) is 3.42. The summed E-state index contributed by atoms with van der Waals surface area (Å²) in [4.78, 5) is 12.0. The molecular formula is C22H24O3S. The van der Waals surface area contributed by atoms with Gasteiger partial charge in [0.25, 0.3) is 0 Å². The lowest BCUT2D eigenvalue weighted by Gasteiger charge is -2.34. The lowest BCUT2D eigenvalue weighted by molar-refractivity contribution is 0.0529. The molecule has 1 saturated heterocycles. The number of hydrogen-bond acceptors (Lipinski definition) is 4. The fourth-order valence-electron chi connectivity index (χ4n) is 4.40. The van der Waals surface area contributed by atoms with E-state index in [1.165, 1.54) is 6.42 Å². The highest BCUT2D eigenvalue weighted by Crippen LogP contribution is 2.64. The van der Waals surface area contributed by atoms with E-state index in [2.05, 4.69) is 38.7 Å². The Hall–Kier alpha value is -1.83. The molecule has 2 unspecified atom stereocenters. The van der Waals surface area contributed by atoms with Gasteiger partial charge in [0.15, 0.2) is 5.60 Å². The summed E-state index contributed by atoms with van der Waals surface area (Å²) in [5, 5.41) is 2.80. The number of benzene rings is 1. The first kappa shape index (κ1) is 17.6. The molecule has 0 radical (unpaired) electrons. The van der Waals surface area contributed by atoms with Gasteiger partial charge in [-0.3, -0.25) is 0 Å². The molecule has 2 heterocycles. The van der Waals surface area contributed by atoms with Crippen LogP contribution in [0.3, 0.4) is 0 Å².